The molecule has 17 heavy (non-hydrogen) atoms. The van der Waals surface area contributed by atoms with Gasteiger partial charge in [-0.3, -0.25) is 0 Å². The van der Waals surface area contributed by atoms with E-state index in [4.69, 9.17) is 16.3 Å². The van der Waals surface area contributed by atoms with Gasteiger partial charge in [-0.05, 0) is 24.9 Å². The van der Waals surface area contributed by atoms with Crippen molar-refractivity contribution in [2.75, 3.05) is 25.2 Å². The summed E-state index contributed by atoms with van der Waals surface area (Å²) in [5, 5.41) is 0.0483. The van der Waals surface area contributed by atoms with Crippen molar-refractivity contribution in [2.45, 2.75) is 26.3 Å². The molecule has 0 aliphatic heterocycles. The van der Waals surface area contributed by atoms with Crippen LogP contribution in [0.3, 0.4) is 0 Å². The van der Waals surface area contributed by atoms with Gasteiger partial charge in [-0.1, -0.05) is 6.92 Å². The molecule has 1 atom stereocenters. The molecule has 4 nitrogen and oxygen atoms in total. The minimum Gasteiger partial charge on any atom is -0.383 e. The lowest BCUT2D eigenvalue weighted by Crippen LogP contribution is -2.36. The van der Waals surface area contributed by atoms with E-state index in [-0.39, 0.29) is 17.1 Å². The van der Waals surface area contributed by atoms with Gasteiger partial charge in [0.05, 0.1) is 12.8 Å². The molecule has 0 aliphatic carbocycles. The highest BCUT2D eigenvalue weighted by atomic mass is 35.5. The predicted molar refractivity (Wildman–Crippen MR) is 66.0 cm³/mol. The Morgan fingerprint density at radius 2 is 2.29 bits per heavy atom. The van der Waals surface area contributed by atoms with Gasteiger partial charge in [0, 0.05) is 19.7 Å². The van der Waals surface area contributed by atoms with Crippen LogP contribution in [0, 0.1) is 5.82 Å². The number of hydrogen-bond donors (Lipinski definition) is 0. The zero-order chi connectivity index (χ0) is 12.8. The second kappa shape index (κ2) is 6.71. The van der Waals surface area contributed by atoms with E-state index in [2.05, 4.69) is 9.97 Å². The van der Waals surface area contributed by atoms with Crippen molar-refractivity contribution in [2.24, 2.45) is 0 Å². The molecule has 1 aromatic heterocycles. The van der Waals surface area contributed by atoms with Crippen LogP contribution in [-0.4, -0.2) is 36.3 Å². The number of methoxy groups -OCH3 is 1. The molecule has 0 fully saturated rings. The van der Waals surface area contributed by atoms with E-state index >= 15 is 0 Å². The minimum atomic E-state index is -0.467. The van der Waals surface area contributed by atoms with E-state index in [0.29, 0.717) is 13.2 Å². The van der Waals surface area contributed by atoms with Crippen LogP contribution in [0.1, 0.15) is 20.3 Å². The van der Waals surface area contributed by atoms with Crippen LogP contribution in [0.15, 0.2) is 6.20 Å². The summed E-state index contributed by atoms with van der Waals surface area (Å²) in [6.07, 6.45) is 1.97. The smallest absolute Gasteiger partial charge is 0.224 e. The molecule has 0 aliphatic rings. The third kappa shape index (κ3) is 3.78. The summed E-state index contributed by atoms with van der Waals surface area (Å²) >= 11 is 5.70. The molecule has 1 aromatic rings. The van der Waals surface area contributed by atoms with Crippen molar-refractivity contribution in [3.63, 3.8) is 0 Å². The molecule has 6 heteroatoms. The molecule has 0 saturated carbocycles. The van der Waals surface area contributed by atoms with Gasteiger partial charge in [0.1, 0.15) is 0 Å². The standard InChI is InChI=1S/C11H17ClFN3O/c1-4-8(2)16(5-6-17-3)10-9(13)7-14-11(12)15-10/h7-8H,4-6H2,1-3H3. The van der Waals surface area contributed by atoms with Gasteiger partial charge in [0.15, 0.2) is 11.6 Å². The normalized spacial score (nSPS) is 12.5. The highest BCUT2D eigenvalue weighted by molar-refractivity contribution is 6.28. The van der Waals surface area contributed by atoms with Crippen LogP contribution in [0.4, 0.5) is 10.2 Å². The van der Waals surface area contributed by atoms with Gasteiger partial charge in [-0.2, -0.15) is 4.98 Å². The largest absolute Gasteiger partial charge is 0.383 e. The molecule has 0 saturated heterocycles. The lowest BCUT2D eigenvalue weighted by Gasteiger charge is -2.29. The monoisotopic (exact) mass is 261 g/mol. The van der Waals surface area contributed by atoms with Gasteiger partial charge in [-0.25, -0.2) is 9.37 Å². The summed E-state index contributed by atoms with van der Waals surface area (Å²) in [5.74, 6) is -0.234. The molecular formula is C11H17ClFN3O. The number of nitrogens with zero attached hydrogens (tertiary/aromatic N) is 3. The zero-order valence-electron chi connectivity index (χ0n) is 10.3. The first-order chi connectivity index (χ1) is 8.10. The first kappa shape index (κ1) is 14.1. The number of ether oxygens (including phenoxy) is 1. The first-order valence-corrected chi connectivity index (χ1v) is 5.91. The Labute approximate surface area is 106 Å². The quantitative estimate of drug-likeness (QED) is 0.738. The van der Waals surface area contributed by atoms with Gasteiger partial charge in [-0.15, -0.1) is 0 Å². The minimum absolute atomic E-state index is 0.0483. The van der Waals surface area contributed by atoms with Crippen molar-refractivity contribution in [3.05, 3.63) is 17.3 Å². The lowest BCUT2D eigenvalue weighted by molar-refractivity contribution is 0.203. The Morgan fingerprint density at radius 1 is 1.59 bits per heavy atom. The fourth-order valence-electron chi connectivity index (χ4n) is 1.48. The van der Waals surface area contributed by atoms with Gasteiger partial charge < -0.3 is 9.64 Å². The first-order valence-electron chi connectivity index (χ1n) is 5.53. The number of aromatic nitrogens is 2. The topological polar surface area (TPSA) is 38.2 Å². The highest BCUT2D eigenvalue weighted by Crippen LogP contribution is 2.20. The van der Waals surface area contributed by atoms with Crippen molar-refractivity contribution in [1.29, 1.82) is 0 Å². The molecule has 1 unspecified atom stereocenters. The second-order valence-electron chi connectivity index (χ2n) is 3.75. The summed E-state index contributed by atoms with van der Waals surface area (Å²) in [7, 11) is 1.61. The molecule has 0 spiro atoms. The van der Waals surface area contributed by atoms with Crippen molar-refractivity contribution in [1.82, 2.24) is 9.97 Å². The van der Waals surface area contributed by atoms with Crippen LogP contribution in [0.5, 0.6) is 0 Å². The van der Waals surface area contributed by atoms with Gasteiger partial charge >= 0.3 is 0 Å². The summed E-state index contributed by atoms with van der Waals surface area (Å²) in [6, 6.07) is 0.158. The second-order valence-corrected chi connectivity index (χ2v) is 4.09. The number of hydrogen-bond acceptors (Lipinski definition) is 4. The maximum atomic E-state index is 13.7. The van der Waals surface area contributed by atoms with Crippen LogP contribution in [-0.2, 0) is 4.74 Å². The fourth-order valence-corrected chi connectivity index (χ4v) is 1.61. The maximum absolute atomic E-state index is 13.7. The maximum Gasteiger partial charge on any atom is 0.224 e. The van der Waals surface area contributed by atoms with E-state index < -0.39 is 5.82 Å². The van der Waals surface area contributed by atoms with Crippen LogP contribution in [0.2, 0.25) is 5.28 Å². The van der Waals surface area contributed by atoms with Gasteiger partial charge in [0.25, 0.3) is 0 Å². The lowest BCUT2D eigenvalue weighted by atomic mass is 10.2. The molecule has 1 rings (SSSR count). The highest BCUT2D eigenvalue weighted by Gasteiger charge is 2.18. The summed E-state index contributed by atoms with van der Waals surface area (Å²) in [4.78, 5) is 9.39. The molecular weight excluding hydrogens is 245 g/mol. The average molecular weight is 262 g/mol. The molecule has 0 amide bonds. The summed E-state index contributed by atoms with van der Waals surface area (Å²) in [5.41, 5.74) is 0. The summed E-state index contributed by atoms with van der Waals surface area (Å²) in [6.45, 7) is 5.11. The zero-order valence-corrected chi connectivity index (χ0v) is 11.0. The van der Waals surface area contributed by atoms with E-state index in [9.17, 15) is 4.39 Å². The number of rotatable bonds is 6. The van der Waals surface area contributed by atoms with Crippen LogP contribution < -0.4 is 4.90 Å². The van der Waals surface area contributed by atoms with Crippen LogP contribution >= 0.6 is 11.6 Å². The third-order valence-electron chi connectivity index (χ3n) is 2.63. The number of anilines is 1. The molecule has 1 heterocycles. The van der Waals surface area contributed by atoms with E-state index in [1.807, 2.05) is 18.7 Å². The van der Waals surface area contributed by atoms with E-state index in [0.717, 1.165) is 12.6 Å². The Kier molecular flexibility index (Phi) is 5.58. The molecule has 0 N–H and O–H groups in total. The van der Waals surface area contributed by atoms with Crippen molar-refractivity contribution < 1.29 is 9.13 Å². The Hall–Kier alpha value is -0.940. The Bertz CT molecular complexity index is 365. The third-order valence-corrected chi connectivity index (χ3v) is 2.81. The van der Waals surface area contributed by atoms with E-state index in [1.54, 1.807) is 7.11 Å². The number of halogens is 2. The fraction of sp³-hybridized carbons (Fsp3) is 0.636. The van der Waals surface area contributed by atoms with Crippen molar-refractivity contribution >= 4 is 17.4 Å². The van der Waals surface area contributed by atoms with Crippen molar-refractivity contribution in [3.8, 4) is 0 Å². The summed E-state index contributed by atoms with van der Waals surface area (Å²) < 4.78 is 18.7. The SMILES string of the molecule is CCC(C)N(CCOC)c1nc(Cl)ncc1F. The molecule has 96 valence electrons. The molecule has 0 bridgehead atoms. The molecule has 0 radical (unpaired) electrons. The Morgan fingerprint density at radius 3 is 2.88 bits per heavy atom. The van der Waals surface area contributed by atoms with Crippen LogP contribution in [0.25, 0.3) is 0 Å². The van der Waals surface area contributed by atoms with Gasteiger partial charge in [0.2, 0.25) is 5.28 Å². The predicted octanol–water partition coefficient (Wildman–Crippen LogP) is 2.52. The van der Waals surface area contributed by atoms with E-state index in [1.165, 1.54) is 0 Å². The Balaban J connectivity index is 2.98. The average Bonchev–Trinajstić information content (AvgIpc) is 2.33. The molecule has 0 aromatic carbocycles.